The zero-order valence-corrected chi connectivity index (χ0v) is 20.4. The SMILES string of the molecule is CCN(CCCNC(=NC)NCc1ccc(C(=O)N(C)C)cc1)S(C)(=O)=O.I. The zero-order chi connectivity index (χ0) is 20.4. The van der Waals surface area contributed by atoms with E-state index in [9.17, 15) is 13.2 Å². The number of halogens is 1. The fourth-order valence-corrected chi connectivity index (χ4v) is 3.38. The second-order valence-electron chi connectivity index (χ2n) is 6.36. The summed E-state index contributed by atoms with van der Waals surface area (Å²) < 4.78 is 24.6. The predicted molar refractivity (Wildman–Crippen MR) is 125 cm³/mol. The third-order valence-electron chi connectivity index (χ3n) is 3.99. The van der Waals surface area contributed by atoms with Crippen molar-refractivity contribution in [1.29, 1.82) is 0 Å². The molecule has 0 bridgehead atoms. The Morgan fingerprint density at radius 1 is 1.14 bits per heavy atom. The Morgan fingerprint density at radius 2 is 1.75 bits per heavy atom. The summed E-state index contributed by atoms with van der Waals surface area (Å²) >= 11 is 0. The van der Waals surface area contributed by atoms with Gasteiger partial charge in [-0.3, -0.25) is 9.79 Å². The molecule has 0 unspecified atom stereocenters. The maximum absolute atomic E-state index is 11.9. The van der Waals surface area contributed by atoms with E-state index in [2.05, 4.69) is 15.6 Å². The first-order valence-electron chi connectivity index (χ1n) is 8.89. The molecule has 1 amide bonds. The minimum atomic E-state index is -3.15. The van der Waals surface area contributed by atoms with E-state index in [1.165, 1.54) is 10.6 Å². The molecule has 0 spiro atoms. The number of aliphatic imine (C=N–C) groups is 1. The van der Waals surface area contributed by atoms with E-state index < -0.39 is 10.0 Å². The second kappa shape index (κ2) is 12.9. The van der Waals surface area contributed by atoms with Gasteiger partial charge in [-0.05, 0) is 24.1 Å². The first-order chi connectivity index (χ1) is 12.7. The predicted octanol–water partition coefficient (Wildman–Crippen LogP) is 1.34. The molecule has 2 N–H and O–H groups in total. The van der Waals surface area contributed by atoms with Crippen LogP contribution in [0.25, 0.3) is 0 Å². The lowest BCUT2D eigenvalue weighted by Gasteiger charge is -2.18. The first kappa shape index (κ1) is 26.6. The maximum atomic E-state index is 11.9. The van der Waals surface area contributed by atoms with E-state index in [4.69, 9.17) is 0 Å². The summed E-state index contributed by atoms with van der Waals surface area (Å²) in [6, 6.07) is 7.42. The number of carbonyl (C=O) groups excluding carboxylic acids is 1. The molecule has 0 fully saturated rings. The lowest BCUT2D eigenvalue weighted by atomic mass is 10.1. The van der Waals surface area contributed by atoms with Gasteiger partial charge in [-0.1, -0.05) is 19.1 Å². The monoisotopic (exact) mass is 525 g/mol. The largest absolute Gasteiger partial charge is 0.356 e. The normalized spacial score (nSPS) is 11.7. The van der Waals surface area contributed by atoms with Crippen molar-refractivity contribution in [2.45, 2.75) is 19.9 Å². The van der Waals surface area contributed by atoms with Gasteiger partial charge in [-0.25, -0.2) is 12.7 Å². The highest BCUT2D eigenvalue weighted by Crippen LogP contribution is 2.06. The Balaban J connectivity index is 0.00000729. The molecule has 8 nitrogen and oxygen atoms in total. The summed E-state index contributed by atoms with van der Waals surface area (Å²) in [7, 11) is 1.98. The smallest absolute Gasteiger partial charge is 0.253 e. The van der Waals surface area contributed by atoms with Crippen LogP contribution in [-0.4, -0.2) is 76.5 Å². The van der Waals surface area contributed by atoms with Gasteiger partial charge in [0.1, 0.15) is 0 Å². The van der Waals surface area contributed by atoms with Crippen LogP contribution in [0, 0.1) is 0 Å². The molecule has 1 aromatic carbocycles. The van der Waals surface area contributed by atoms with Crippen LogP contribution in [0.5, 0.6) is 0 Å². The highest BCUT2D eigenvalue weighted by molar-refractivity contribution is 14.0. The Morgan fingerprint density at radius 3 is 2.21 bits per heavy atom. The van der Waals surface area contributed by atoms with Crippen LogP contribution >= 0.6 is 24.0 Å². The Labute approximate surface area is 185 Å². The van der Waals surface area contributed by atoms with Crippen molar-refractivity contribution in [3.8, 4) is 0 Å². The molecular weight excluding hydrogens is 493 g/mol. The van der Waals surface area contributed by atoms with Crippen molar-refractivity contribution >= 4 is 45.9 Å². The highest BCUT2D eigenvalue weighted by atomic mass is 127. The van der Waals surface area contributed by atoms with Crippen LogP contribution in [0.2, 0.25) is 0 Å². The Kier molecular flexibility index (Phi) is 12.3. The summed E-state index contributed by atoms with van der Waals surface area (Å²) in [5.41, 5.74) is 1.68. The summed E-state index contributed by atoms with van der Waals surface area (Å²) in [6.45, 7) is 3.95. The number of carbonyl (C=O) groups is 1. The molecule has 0 heterocycles. The van der Waals surface area contributed by atoms with Crippen LogP contribution in [-0.2, 0) is 16.6 Å². The Bertz CT molecular complexity index is 736. The molecule has 160 valence electrons. The quantitative estimate of drug-likeness (QED) is 0.220. The van der Waals surface area contributed by atoms with Crippen molar-refractivity contribution in [2.24, 2.45) is 4.99 Å². The summed E-state index contributed by atoms with van der Waals surface area (Å²) in [5, 5.41) is 6.37. The summed E-state index contributed by atoms with van der Waals surface area (Å²) in [4.78, 5) is 17.6. The van der Waals surface area contributed by atoms with Gasteiger partial charge in [-0.15, -0.1) is 24.0 Å². The molecule has 0 aliphatic rings. The van der Waals surface area contributed by atoms with Crippen molar-refractivity contribution in [3.63, 3.8) is 0 Å². The molecule has 0 aromatic heterocycles. The van der Waals surface area contributed by atoms with Gasteiger partial charge in [-0.2, -0.15) is 0 Å². The van der Waals surface area contributed by atoms with Crippen molar-refractivity contribution in [1.82, 2.24) is 19.8 Å². The lowest BCUT2D eigenvalue weighted by molar-refractivity contribution is 0.0827. The molecular formula is C18H32IN5O3S. The fraction of sp³-hybridized carbons (Fsp3) is 0.556. The number of hydrogen-bond donors (Lipinski definition) is 2. The second-order valence-corrected chi connectivity index (χ2v) is 8.34. The van der Waals surface area contributed by atoms with E-state index in [1.807, 2.05) is 19.1 Å². The van der Waals surface area contributed by atoms with E-state index in [1.54, 1.807) is 38.2 Å². The standard InChI is InChI=1S/C18H31N5O3S.HI/c1-6-23(27(5,25)26)13-7-12-20-18(19-2)21-14-15-8-10-16(11-9-15)17(24)22(3)4;/h8-11H,6-7,12-14H2,1-5H3,(H2,19,20,21);1H. The average Bonchev–Trinajstić information content (AvgIpc) is 2.62. The van der Waals surface area contributed by atoms with E-state index in [0.29, 0.717) is 44.1 Å². The minimum absolute atomic E-state index is 0. The van der Waals surface area contributed by atoms with Crippen LogP contribution in [0.3, 0.4) is 0 Å². The fourth-order valence-electron chi connectivity index (χ4n) is 2.45. The molecule has 0 radical (unpaired) electrons. The van der Waals surface area contributed by atoms with Crippen molar-refractivity contribution < 1.29 is 13.2 Å². The number of nitrogens with one attached hydrogen (secondary N) is 2. The number of nitrogens with zero attached hydrogens (tertiary/aromatic N) is 3. The number of benzene rings is 1. The van der Waals surface area contributed by atoms with Crippen LogP contribution in [0.15, 0.2) is 29.3 Å². The van der Waals surface area contributed by atoms with Gasteiger partial charge in [0.25, 0.3) is 5.91 Å². The molecule has 0 atom stereocenters. The van der Waals surface area contributed by atoms with Crippen molar-refractivity contribution in [3.05, 3.63) is 35.4 Å². The Hall–Kier alpha value is -1.40. The molecule has 0 aliphatic carbocycles. The molecule has 1 aromatic rings. The van der Waals surface area contributed by atoms with Crippen molar-refractivity contribution in [2.75, 3.05) is 47.0 Å². The summed E-state index contributed by atoms with van der Waals surface area (Å²) in [5.74, 6) is 0.619. The highest BCUT2D eigenvalue weighted by Gasteiger charge is 2.13. The number of guanidine groups is 1. The van der Waals surface area contributed by atoms with Crippen LogP contribution in [0.4, 0.5) is 0 Å². The molecule has 0 saturated heterocycles. The van der Waals surface area contributed by atoms with Gasteiger partial charge in [0.15, 0.2) is 5.96 Å². The third kappa shape index (κ3) is 9.20. The van der Waals surface area contributed by atoms with Crippen LogP contribution in [0.1, 0.15) is 29.3 Å². The average molecular weight is 525 g/mol. The van der Waals surface area contributed by atoms with Crippen LogP contribution < -0.4 is 10.6 Å². The molecule has 10 heteroatoms. The maximum Gasteiger partial charge on any atom is 0.253 e. The summed E-state index contributed by atoms with van der Waals surface area (Å²) in [6.07, 6.45) is 1.91. The number of sulfonamides is 1. The topological polar surface area (TPSA) is 94.1 Å². The first-order valence-corrected chi connectivity index (χ1v) is 10.7. The molecule has 1 rings (SSSR count). The molecule has 0 aliphatic heterocycles. The van der Waals surface area contributed by atoms with E-state index >= 15 is 0 Å². The molecule has 28 heavy (non-hydrogen) atoms. The van der Waals surface area contributed by atoms with E-state index in [-0.39, 0.29) is 29.9 Å². The lowest BCUT2D eigenvalue weighted by Crippen LogP contribution is -2.39. The van der Waals surface area contributed by atoms with Gasteiger partial charge >= 0.3 is 0 Å². The van der Waals surface area contributed by atoms with Gasteiger partial charge in [0, 0.05) is 52.9 Å². The zero-order valence-electron chi connectivity index (χ0n) is 17.2. The molecule has 0 saturated carbocycles. The van der Waals surface area contributed by atoms with Gasteiger partial charge < -0.3 is 15.5 Å². The number of amides is 1. The third-order valence-corrected chi connectivity index (χ3v) is 5.37. The number of rotatable bonds is 9. The van der Waals surface area contributed by atoms with Gasteiger partial charge in [0.2, 0.25) is 10.0 Å². The number of hydrogen-bond acceptors (Lipinski definition) is 4. The van der Waals surface area contributed by atoms with Gasteiger partial charge in [0.05, 0.1) is 6.26 Å². The van der Waals surface area contributed by atoms with E-state index in [0.717, 1.165) is 5.56 Å². The minimum Gasteiger partial charge on any atom is -0.356 e.